The van der Waals surface area contributed by atoms with Crippen LogP contribution in [-0.2, 0) is 6.42 Å². The number of nitrogens with zero attached hydrogens (tertiary/aromatic N) is 1. The van der Waals surface area contributed by atoms with Gasteiger partial charge in [-0.2, -0.15) is 0 Å². The molecule has 0 aliphatic rings. The summed E-state index contributed by atoms with van der Waals surface area (Å²) in [4.78, 5) is 16.5. The lowest BCUT2D eigenvalue weighted by atomic mass is 10.1. The van der Waals surface area contributed by atoms with Crippen LogP contribution in [-0.4, -0.2) is 17.4 Å². The quantitative estimate of drug-likeness (QED) is 0.856. The number of hydrogen-bond acceptors (Lipinski definition) is 3. The largest absolute Gasteiger partial charge is 0.383 e. The predicted octanol–water partition coefficient (Wildman–Crippen LogP) is 4.09. The van der Waals surface area contributed by atoms with Gasteiger partial charge in [0.05, 0.1) is 17.4 Å². The van der Waals surface area contributed by atoms with Crippen molar-refractivity contribution in [2.75, 3.05) is 17.2 Å². The van der Waals surface area contributed by atoms with Crippen LogP contribution in [0.4, 0.5) is 11.4 Å². The van der Waals surface area contributed by atoms with Gasteiger partial charge in [0.25, 0.3) is 5.91 Å². The number of carbonyl (C=O) groups excluding carboxylic acids is 1. The zero-order chi connectivity index (χ0) is 15.2. The fourth-order valence-electron chi connectivity index (χ4n) is 2.09. The van der Waals surface area contributed by atoms with Crippen molar-refractivity contribution in [2.24, 2.45) is 0 Å². The minimum Gasteiger partial charge on any atom is -0.383 e. The van der Waals surface area contributed by atoms with Gasteiger partial charge in [-0.05, 0) is 43.2 Å². The summed E-state index contributed by atoms with van der Waals surface area (Å²) >= 11 is 3.45. The number of aromatic nitrogens is 1. The van der Waals surface area contributed by atoms with Gasteiger partial charge in [0.1, 0.15) is 0 Å². The van der Waals surface area contributed by atoms with Crippen molar-refractivity contribution in [2.45, 2.75) is 20.3 Å². The highest BCUT2D eigenvalue weighted by atomic mass is 79.9. The van der Waals surface area contributed by atoms with E-state index in [1.807, 2.05) is 25.1 Å². The van der Waals surface area contributed by atoms with Gasteiger partial charge in [0, 0.05) is 22.9 Å². The Bertz CT molecular complexity index is 643. The van der Waals surface area contributed by atoms with E-state index in [2.05, 4.69) is 38.5 Å². The summed E-state index contributed by atoms with van der Waals surface area (Å²) in [6.07, 6.45) is 4.14. The van der Waals surface area contributed by atoms with E-state index in [-0.39, 0.29) is 5.91 Å². The number of rotatable bonds is 5. The molecule has 5 heteroatoms. The molecule has 0 aliphatic heterocycles. The Hall–Kier alpha value is -1.88. The summed E-state index contributed by atoms with van der Waals surface area (Å²) in [6.45, 7) is 4.79. The molecule has 2 rings (SSSR count). The van der Waals surface area contributed by atoms with Crippen LogP contribution in [0.3, 0.4) is 0 Å². The third kappa shape index (κ3) is 3.82. The summed E-state index contributed by atoms with van der Waals surface area (Å²) in [6, 6.07) is 7.58. The first-order chi connectivity index (χ1) is 10.2. The summed E-state index contributed by atoms with van der Waals surface area (Å²) < 4.78 is 1.01. The van der Waals surface area contributed by atoms with Crippen molar-refractivity contribution < 1.29 is 4.79 Å². The molecule has 0 bridgehead atoms. The number of anilines is 2. The van der Waals surface area contributed by atoms with E-state index in [0.717, 1.165) is 34.4 Å². The molecule has 110 valence electrons. The van der Waals surface area contributed by atoms with Crippen LogP contribution >= 0.6 is 15.9 Å². The Labute approximate surface area is 133 Å². The lowest BCUT2D eigenvalue weighted by molar-refractivity contribution is 0.102. The SMILES string of the molecule is CCNc1cnccc1C(=O)Nc1ccc(Br)cc1CC. The number of benzene rings is 1. The van der Waals surface area contributed by atoms with E-state index in [1.165, 1.54) is 0 Å². The second-order valence-corrected chi connectivity index (χ2v) is 5.48. The molecular formula is C16H18BrN3O. The summed E-state index contributed by atoms with van der Waals surface area (Å²) in [5.41, 5.74) is 3.27. The molecule has 0 spiro atoms. The Morgan fingerprint density at radius 1 is 1.24 bits per heavy atom. The third-order valence-corrected chi connectivity index (χ3v) is 3.62. The van der Waals surface area contributed by atoms with Crippen LogP contribution in [0.25, 0.3) is 0 Å². The second-order valence-electron chi connectivity index (χ2n) is 4.56. The first-order valence-electron chi connectivity index (χ1n) is 6.93. The number of hydrogen-bond donors (Lipinski definition) is 2. The number of pyridine rings is 1. The standard InChI is InChI=1S/C16H18BrN3O/c1-3-11-9-12(17)5-6-14(11)20-16(21)13-7-8-18-10-15(13)19-4-2/h5-10,19H,3-4H2,1-2H3,(H,20,21). The highest BCUT2D eigenvalue weighted by Crippen LogP contribution is 2.23. The Morgan fingerprint density at radius 2 is 2.05 bits per heavy atom. The molecule has 0 atom stereocenters. The maximum Gasteiger partial charge on any atom is 0.257 e. The fourth-order valence-corrected chi connectivity index (χ4v) is 2.50. The Kier molecular flexibility index (Phi) is 5.33. The van der Waals surface area contributed by atoms with E-state index in [1.54, 1.807) is 18.5 Å². The molecule has 1 amide bonds. The number of nitrogens with one attached hydrogen (secondary N) is 2. The van der Waals surface area contributed by atoms with Crippen molar-refractivity contribution in [1.29, 1.82) is 0 Å². The molecule has 0 radical (unpaired) electrons. The average molecular weight is 348 g/mol. The van der Waals surface area contributed by atoms with Crippen molar-refractivity contribution in [3.05, 3.63) is 52.3 Å². The Balaban J connectivity index is 2.26. The lowest BCUT2D eigenvalue weighted by Gasteiger charge is -2.13. The Morgan fingerprint density at radius 3 is 2.76 bits per heavy atom. The van der Waals surface area contributed by atoms with Crippen LogP contribution in [0.15, 0.2) is 41.1 Å². The van der Waals surface area contributed by atoms with Gasteiger partial charge in [0.2, 0.25) is 0 Å². The number of halogens is 1. The molecule has 0 fully saturated rings. The molecular weight excluding hydrogens is 330 g/mol. The molecule has 0 aliphatic carbocycles. The van der Waals surface area contributed by atoms with Gasteiger partial charge in [-0.3, -0.25) is 9.78 Å². The van der Waals surface area contributed by atoms with Gasteiger partial charge in [-0.15, -0.1) is 0 Å². The third-order valence-electron chi connectivity index (χ3n) is 3.13. The van der Waals surface area contributed by atoms with Gasteiger partial charge in [-0.1, -0.05) is 22.9 Å². The lowest BCUT2D eigenvalue weighted by Crippen LogP contribution is -2.16. The van der Waals surface area contributed by atoms with Gasteiger partial charge >= 0.3 is 0 Å². The second kappa shape index (κ2) is 7.22. The molecule has 4 nitrogen and oxygen atoms in total. The minimum atomic E-state index is -0.134. The van der Waals surface area contributed by atoms with Crippen LogP contribution in [0, 0.1) is 0 Å². The highest BCUT2D eigenvalue weighted by molar-refractivity contribution is 9.10. The van der Waals surface area contributed by atoms with Gasteiger partial charge < -0.3 is 10.6 Å². The fraction of sp³-hybridized carbons (Fsp3) is 0.250. The molecule has 0 unspecified atom stereocenters. The maximum absolute atomic E-state index is 12.5. The monoisotopic (exact) mass is 347 g/mol. The van der Waals surface area contributed by atoms with Crippen molar-refractivity contribution in [3.8, 4) is 0 Å². The number of carbonyl (C=O) groups is 1. The first kappa shape index (κ1) is 15.5. The topological polar surface area (TPSA) is 54.0 Å². The van der Waals surface area contributed by atoms with Crippen LogP contribution in [0.2, 0.25) is 0 Å². The smallest absolute Gasteiger partial charge is 0.257 e. The number of amides is 1. The van der Waals surface area contributed by atoms with E-state index in [4.69, 9.17) is 0 Å². The zero-order valence-electron chi connectivity index (χ0n) is 12.1. The first-order valence-corrected chi connectivity index (χ1v) is 7.72. The van der Waals surface area contributed by atoms with Crippen molar-refractivity contribution in [3.63, 3.8) is 0 Å². The van der Waals surface area contributed by atoms with E-state index >= 15 is 0 Å². The molecule has 1 aromatic heterocycles. The predicted molar refractivity (Wildman–Crippen MR) is 89.9 cm³/mol. The minimum absolute atomic E-state index is 0.134. The van der Waals surface area contributed by atoms with Crippen LogP contribution in [0.5, 0.6) is 0 Å². The zero-order valence-corrected chi connectivity index (χ0v) is 13.7. The molecule has 2 N–H and O–H groups in total. The van der Waals surface area contributed by atoms with Gasteiger partial charge in [-0.25, -0.2) is 0 Å². The van der Waals surface area contributed by atoms with E-state index in [0.29, 0.717) is 5.56 Å². The molecule has 2 aromatic rings. The van der Waals surface area contributed by atoms with Crippen molar-refractivity contribution >= 4 is 33.2 Å². The summed E-state index contributed by atoms with van der Waals surface area (Å²) in [7, 11) is 0. The summed E-state index contributed by atoms with van der Waals surface area (Å²) in [5, 5.41) is 6.13. The average Bonchev–Trinajstić information content (AvgIpc) is 2.49. The molecule has 1 heterocycles. The van der Waals surface area contributed by atoms with Crippen LogP contribution in [0.1, 0.15) is 29.8 Å². The highest BCUT2D eigenvalue weighted by Gasteiger charge is 2.12. The summed E-state index contributed by atoms with van der Waals surface area (Å²) in [5.74, 6) is -0.134. The van der Waals surface area contributed by atoms with Crippen molar-refractivity contribution in [1.82, 2.24) is 4.98 Å². The van der Waals surface area contributed by atoms with E-state index in [9.17, 15) is 4.79 Å². The normalized spacial score (nSPS) is 10.2. The van der Waals surface area contributed by atoms with Crippen LogP contribution < -0.4 is 10.6 Å². The molecule has 0 saturated carbocycles. The van der Waals surface area contributed by atoms with E-state index < -0.39 is 0 Å². The maximum atomic E-state index is 12.5. The molecule has 1 aromatic carbocycles. The number of aryl methyl sites for hydroxylation is 1. The molecule has 21 heavy (non-hydrogen) atoms. The van der Waals surface area contributed by atoms with Gasteiger partial charge in [0.15, 0.2) is 0 Å². The molecule has 0 saturated heterocycles.